The maximum atomic E-state index is 14.4. The summed E-state index contributed by atoms with van der Waals surface area (Å²) in [6.45, 7) is 4.79. The van der Waals surface area contributed by atoms with Crippen molar-refractivity contribution in [1.82, 2.24) is 4.98 Å². The number of ether oxygens (including phenoxy) is 1. The van der Waals surface area contributed by atoms with Gasteiger partial charge in [-0.3, -0.25) is 0 Å². The quantitative estimate of drug-likeness (QED) is 0.769. The number of aryl methyl sites for hydroxylation is 2. The van der Waals surface area contributed by atoms with E-state index in [4.69, 9.17) is 11.6 Å². The number of nitrogens with zero attached hydrogens (tertiary/aromatic N) is 1. The molecule has 22 heavy (non-hydrogen) atoms. The molecular weight excluding hydrogens is 312 g/mol. The van der Waals surface area contributed by atoms with Crippen molar-refractivity contribution < 1.29 is 18.3 Å². The van der Waals surface area contributed by atoms with Crippen molar-refractivity contribution >= 4 is 17.6 Å². The molecule has 0 unspecified atom stereocenters. The highest BCUT2D eigenvalue weighted by molar-refractivity contribution is 6.34. The van der Waals surface area contributed by atoms with Crippen LogP contribution in [0.4, 0.5) is 8.78 Å². The molecule has 0 aliphatic rings. The van der Waals surface area contributed by atoms with Gasteiger partial charge in [-0.2, -0.15) is 0 Å². The van der Waals surface area contributed by atoms with E-state index in [1.54, 1.807) is 20.8 Å². The molecule has 2 rings (SSSR count). The number of halogens is 3. The SMILES string of the molecule is COC(=O)c1nc(-c2c(F)cc(C)c(C)c2F)cc(C)c1Cl. The molecule has 2 aromatic rings. The number of aromatic nitrogens is 1. The first-order valence-corrected chi connectivity index (χ1v) is 6.86. The summed E-state index contributed by atoms with van der Waals surface area (Å²) in [5.41, 5.74) is 0.844. The van der Waals surface area contributed by atoms with Gasteiger partial charge in [-0.25, -0.2) is 18.6 Å². The first-order chi connectivity index (χ1) is 10.3. The Hall–Kier alpha value is -2.01. The fourth-order valence-electron chi connectivity index (χ4n) is 2.09. The average molecular weight is 326 g/mol. The van der Waals surface area contributed by atoms with Gasteiger partial charge in [0.05, 0.1) is 23.4 Å². The second-order valence-electron chi connectivity index (χ2n) is 4.97. The van der Waals surface area contributed by atoms with Gasteiger partial charge in [0.1, 0.15) is 11.6 Å². The molecule has 3 nitrogen and oxygen atoms in total. The minimum atomic E-state index is -0.764. The summed E-state index contributed by atoms with van der Waals surface area (Å²) in [7, 11) is 1.18. The summed E-state index contributed by atoms with van der Waals surface area (Å²) >= 11 is 6.01. The molecule has 0 fully saturated rings. The average Bonchev–Trinajstić information content (AvgIpc) is 2.47. The van der Waals surface area contributed by atoms with E-state index < -0.39 is 17.6 Å². The third kappa shape index (κ3) is 2.68. The summed E-state index contributed by atoms with van der Waals surface area (Å²) < 4.78 is 33.2. The number of hydrogen-bond acceptors (Lipinski definition) is 3. The van der Waals surface area contributed by atoms with Crippen molar-refractivity contribution in [3.8, 4) is 11.3 Å². The lowest BCUT2D eigenvalue weighted by Gasteiger charge is -2.12. The summed E-state index contributed by atoms with van der Waals surface area (Å²) in [6.07, 6.45) is 0. The predicted molar refractivity (Wildman–Crippen MR) is 80.1 cm³/mol. The van der Waals surface area contributed by atoms with E-state index in [2.05, 4.69) is 9.72 Å². The number of benzene rings is 1. The Morgan fingerprint density at radius 2 is 1.82 bits per heavy atom. The maximum Gasteiger partial charge on any atom is 0.358 e. The third-order valence-electron chi connectivity index (χ3n) is 3.50. The Labute approximate surface area is 131 Å². The number of carbonyl (C=O) groups excluding carboxylic acids is 1. The van der Waals surface area contributed by atoms with Crippen LogP contribution < -0.4 is 0 Å². The van der Waals surface area contributed by atoms with E-state index in [0.29, 0.717) is 16.7 Å². The second kappa shape index (κ2) is 6.01. The van der Waals surface area contributed by atoms with Crippen LogP contribution in [0.3, 0.4) is 0 Å². The van der Waals surface area contributed by atoms with Crippen LogP contribution in [0.1, 0.15) is 27.2 Å². The molecule has 6 heteroatoms. The first kappa shape index (κ1) is 16.4. The van der Waals surface area contributed by atoms with Gasteiger partial charge in [0, 0.05) is 0 Å². The van der Waals surface area contributed by atoms with E-state index in [0.717, 1.165) is 0 Å². The van der Waals surface area contributed by atoms with Gasteiger partial charge in [-0.05, 0) is 49.6 Å². The molecule has 0 radical (unpaired) electrons. The number of methoxy groups -OCH3 is 1. The monoisotopic (exact) mass is 325 g/mol. The van der Waals surface area contributed by atoms with Crippen LogP contribution >= 0.6 is 11.6 Å². The van der Waals surface area contributed by atoms with Crippen molar-refractivity contribution in [2.45, 2.75) is 20.8 Å². The normalized spacial score (nSPS) is 10.7. The zero-order chi connectivity index (χ0) is 16.6. The lowest BCUT2D eigenvalue weighted by Crippen LogP contribution is -2.08. The van der Waals surface area contributed by atoms with Crippen LogP contribution in [-0.2, 0) is 4.74 Å². The first-order valence-electron chi connectivity index (χ1n) is 6.49. The molecular formula is C16H14ClF2NO2. The van der Waals surface area contributed by atoms with E-state index in [1.165, 1.54) is 19.2 Å². The molecule has 0 saturated carbocycles. The molecule has 0 N–H and O–H groups in total. The predicted octanol–water partition coefficient (Wildman–Crippen LogP) is 4.39. The molecule has 0 aliphatic carbocycles. The third-order valence-corrected chi connectivity index (χ3v) is 3.97. The standard InChI is InChI=1S/C16H14ClF2NO2/c1-7-5-10(18)12(14(19)9(7)3)11-6-8(2)13(17)15(20-11)16(21)22-4/h5-6H,1-4H3. The molecule has 0 atom stereocenters. The van der Waals surface area contributed by atoms with Crippen molar-refractivity contribution in [2.24, 2.45) is 0 Å². The zero-order valence-corrected chi connectivity index (χ0v) is 13.3. The molecule has 0 saturated heterocycles. The van der Waals surface area contributed by atoms with Crippen molar-refractivity contribution in [2.75, 3.05) is 7.11 Å². The summed E-state index contributed by atoms with van der Waals surface area (Å²) in [6, 6.07) is 2.67. The Balaban J connectivity index is 2.77. The molecule has 116 valence electrons. The van der Waals surface area contributed by atoms with Gasteiger partial charge in [0.15, 0.2) is 5.69 Å². The molecule has 1 aromatic heterocycles. The molecule has 0 aliphatic heterocycles. The van der Waals surface area contributed by atoms with Crippen LogP contribution in [-0.4, -0.2) is 18.1 Å². The highest BCUT2D eigenvalue weighted by atomic mass is 35.5. The van der Waals surface area contributed by atoms with E-state index in [1.807, 2.05) is 0 Å². The van der Waals surface area contributed by atoms with E-state index in [9.17, 15) is 13.6 Å². The minimum absolute atomic E-state index is 0.000370. The second-order valence-corrected chi connectivity index (χ2v) is 5.35. The highest BCUT2D eigenvalue weighted by Crippen LogP contribution is 2.32. The zero-order valence-electron chi connectivity index (χ0n) is 12.6. The molecule has 0 amide bonds. The molecule has 1 aromatic carbocycles. The smallest absolute Gasteiger partial charge is 0.358 e. The van der Waals surface area contributed by atoms with E-state index in [-0.39, 0.29) is 22.0 Å². The Morgan fingerprint density at radius 1 is 1.18 bits per heavy atom. The van der Waals surface area contributed by atoms with Crippen LogP contribution in [0.15, 0.2) is 12.1 Å². The topological polar surface area (TPSA) is 39.2 Å². The number of hydrogen-bond donors (Lipinski definition) is 0. The lowest BCUT2D eigenvalue weighted by molar-refractivity contribution is 0.0594. The van der Waals surface area contributed by atoms with Gasteiger partial charge < -0.3 is 4.74 Å². The Bertz CT molecular complexity index is 775. The largest absolute Gasteiger partial charge is 0.464 e. The summed E-state index contributed by atoms with van der Waals surface area (Å²) in [5.74, 6) is -2.22. The van der Waals surface area contributed by atoms with Crippen LogP contribution in [0.25, 0.3) is 11.3 Å². The van der Waals surface area contributed by atoms with Gasteiger partial charge in [0.25, 0.3) is 0 Å². The number of carbonyl (C=O) groups is 1. The van der Waals surface area contributed by atoms with Crippen molar-refractivity contribution in [1.29, 1.82) is 0 Å². The molecule has 0 bridgehead atoms. The van der Waals surface area contributed by atoms with Crippen LogP contribution in [0.5, 0.6) is 0 Å². The maximum absolute atomic E-state index is 14.4. The molecule has 1 heterocycles. The molecule has 0 spiro atoms. The highest BCUT2D eigenvalue weighted by Gasteiger charge is 2.22. The lowest BCUT2D eigenvalue weighted by atomic mass is 10.0. The van der Waals surface area contributed by atoms with Gasteiger partial charge in [-0.15, -0.1) is 0 Å². The Morgan fingerprint density at radius 3 is 2.41 bits per heavy atom. The summed E-state index contributed by atoms with van der Waals surface area (Å²) in [5, 5.41) is 0.0975. The summed E-state index contributed by atoms with van der Waals surface area (Å²) in [4.78, 5) is 15.7. The van der Waals surface area contributed by atoms with Crippen molar-refractivity contribution in [3.05, 3.63) is 51.2 Å². The van der Waals surface area contributed by atoms with Crippen LogP contribution in [0.2, 0.25) is 5.02 Å². The van der Waals surface area contributed by atoms with Gasteiger partial charge in [-0.1, -0.05) is 11.6 Å². The fraction of sp³-hybridized carbons (Fsp3) is 0.250. The fourth-order valence-corrected chi connectivity index (χ4v) is 2.26. The van der Waals surface area contributed by atoms with Gasteiger partial charge in [0.2, 0.25) is 0 Å². The number of rotatable bonds is 2. The van der Waals surface area contributed by atoms with E-state index >= 15 is 0 Å². The van der Waals surface area contributed by atoms with Crippen LogP contribution in [0, 0.1) is 32.4 Å². The van der Waals surface area contributed by atoms with Gasteiger partial charge >= 0.3 is 5.97 Å². The van der Waals surface area contributed by atoms with Crippen molar-refractivity contribution in [3.63, 3.8) is 0 Å². The number of pyridine rings is 1. The number of esters is 1. The minimum Gasteiger partial charge on any atom is -0.464 e. The Kier molecular flexibility index (Phi) is 4.47.